The van der Waals surface area contributed by atoms with Gasteiger partial charge in [-0.05, 0) is 0 Å². The number of rotatable bonds is 2. The molecule has 0 bridgehead atoms. The molecule has 2 rings (SSSR count). The van der Waals surface area contributed by atoms with Crippen molar-refractivity contribution < 1.29 is 53.4 Å². The van der Waals surface area contributed by atoms with Crippen molar-refractivity contribution in [2.24, 2.45) is 0 Å². The third-order valence-corrected chi connectivity index (χ3v) is 3.22. The van der Waals surface area contributed by atoms with E-state index in [9.17, 15) is 14.3 Å². The van der Waals surface area contributed by atoms with E-state index in [4.69, 9.17) is 9.63 Å². The van der Waals surface area contributed by atoms with Crippen molar-refractivity contribution in [2.45, 2.75) is 0 Å². The van der Waals surface area contributed by atoms with E-state index in [-0.39, 0.29) is 35.3 Å². The summed E-state index contributed by atoms with van der Waals surface area (Å²) < 4.78 is 16.0. The number of hydrogen-bond donors (Lipinski definition) is 1. The molecule has 1 saturated heterocycles. The van der Waals surface area contributed by atoms with Crippen LogP contribution in [0.4, 0.5) is 0 Å². The Morgan fingerprint density at radius 1 is 1.42 bits per heavy atom. The minimum absolute atomic E-state index is 0. The molecule has 1 N–H and O–H groups in total. The molecule has 0 saturated carbocycles. The maximum absolute atomic E-state index is 12.0. The van der Waals surface area contributed by atoms with Crippen molar-refractivity contribution in [3.63, 3.8) is 0 Å². The zero-order valence-corrected chi connectivity index (χ0v) is 13.2. The van der Waals surface area contributed by atoms with Crippen LogP contribution in [0.15, 0.2) is 12.4 Å². The normalized spacial score (nSPS) is 18.3. The van der Waals surface area contributed by atoms with E-state index >= 15 is 0 Å². The molecule has 1 amide bonds. The van der Waals surface area contributed by atoms with Gasteiger partial charge in [0.1, 0.15) is 11.1 Å². The zero-order chi connectivity index (χ0) is 13.2. The number of carbonyl (C=O) groups excluding carboxylic acids is 1. The molecule has 0 radical (unpaired) electrons. The molecule has 0 aromatic carbocycles. The molecule has 19 heavy (non-hydrogen) atoms. The molecule has 1 fully saturated rings. The average Bonchev–Trinajstić information content (AvgIpc) is 2.38. The molecule has 1 unspecified atom stereocenters. The van der Waals surface area contributed by atoms with Gasteiger partial charge in [-0.1, -0.05) is 0 Å². The van der Waals surface area contributed by atoms with E-state index in [1.807, 2.05) is 0 Å². The summed E-state index contributed by atoms with van der Waals surface area (Å²) in [4.78, 5) is 40.4. The molecule has 0 spiro atoms. The summed E-state index contributed by atoms with van der Waals surface area (Å²) in [6.45, 7) is 1.69. The van der Waals surface area contributed by atoms with Crippen molar-refractivity contribution in [2.75, 3.05) is 26.3 Å². The van der Waals surface area contributed by atoms with Crippen LogP contribution < -0.4 is 39.9 Å². The first kappa shape index (κ1) is 16.7. The number of aromatic nitrogens is 2. The quantitative estimate of drug-likeness (QED) is 0.429. The monoisotopic (exact) mass is 295 g/mol. The minimum atomic E-state index is -4.74. The Bertz CT molecular complexity index is 502. The summed E-state index contributed by atoms with van der Waals surface area (Å²) >= 11 is 0. The summed E-state index contributed by atoms with van der Waals surface area (Å²) in [5.41, 5.74) is -0.721. The summed E-state index contributed by atoms with van der Waals surface area (Å²) in [5.74, 6) is -0.430. The number of morpholine rings is 1. The third kappa shape index (κ3) is 4.32. The number of amides is 1. The summed E-state index contributed by atoms with van der Waals surface area (Å²) in [6.07, 6.45) is 2.06. The fourth-order valence-corrected chi connectivity index (χ4v) is 1.97. The molecular formula is C9H11N3NaO5P. The SMILES string of the molecule is O=C(c1cncc(P(=O)([O-])O)n1)N1CCOCC1.[Na+]. The maximum Gasteiger partial charge on any atom is 1.00 e. The molecule has 2 heterocycles. The van der Waals surface area contributed by atoms with E-state index in [1.54, 1.807) is 0 Å². The van der Waals surface area contributed by atoms with E-state index in [0.717, 1.165) is 12.4 Å². The first-order valence-electron chi connectivity index (χ1n) is 5.22. The molecule has 1 aromatic rings. The Balaban J connectivity index is 0.00000180. The number of carbonyl (C=O) groups is 1. The van der Waals surface area contributed by atoms with Crippen LogP contribution in [0.2, 0.25) is 0 Å². The summed E-state index contributed by atoms with van der Waals surface area (Å²) in [5, 5.41) is 0. The van der Waals surface area contributed by atoms with Crippen molar-refractivity contribution in [3.8, 4) is 0 Å². The minimum Gasteiger partial charge on any atom is -0.774 e. The van der Waals surface area contributed by atoms with Gasteiger partial charge >= 0.3 is 29.6 Å². The Kier molecular flexibility index (Phi) is 6.07. The van der Waals surface area contributed by atoms with Crippen molar-refractivity contribution in [3.05, 3.63) is 18.1 Å². The van der Waals surface area contributed by atoms with Crippen LogP contribution in [-0.4, -0.2) is 52.0 Å². The predicted octanol–water partition coefficient (Wildman–Crippen LogP) is -4.88. The maximum atomic E-state index is 12.0. The van der Waals surface area contributed by atoms with E-state index in [2.05, 4.69) is 9.97 Å². The first-order valence-corrected chi connectivity index (χ1v) is 6.79. The fourth-order valence-electron chi connectivity index (χ4n) is 1.52. The second-order valence-corrected chi connectivity index (χ2v) is 5.19. The molecule has 0 aliphatic carbocycles. The molecule has 8 nitrogen and oxygen atoms in total. The van der Waals surface area contributed by atoms with Gasteiger partial charge in [0, 0.05) is 13.1 Å². The van der Waals surface area contributed by atoms with Crippen molar-refractivity contribution in [1.82, 2.24) is 14.9 Å². The van der Waals surface area contributed by atoms with Crippen LogP contribution in [0.3, 0.4) is 0 Å². The van der Waals surface area contributed by atoms with Crippen molar-refractivity contribution in [1.29, 1.82) is 0 Å². The van der Waals surface area contributed by atoms with Crippen LogP contribution >= 0.6 is 7.60 Å². The van der Waals surface area contributed by atoms with Gasteiger partial charge in [0.25, 0.3) is 5.91 Å². The van der Waals surface area contributed by atoms with Gasteiger partial charge in [-0.3, -0.25) is 9.78 Å². The van der Waals surface area contributed by atoms with Gasteiger partial charge in [-0.2, -0.15) is 0 Å². The Morgan fingerprint density at radius 2 is 2.05 bits per heavy atom. The second kappa shape index (κ2) is 6.90. The van der Waals surface area contributed by atoms with Gasteiger partial charge in [0.15, 0.2) is 7.60 Å². The topological polar surface area (TPSA) is 116 Å². The zero-order valence-electron chi connectivity index (χ0n) is 10.4. The number of nitrogens with zero attached hydrogens (tertiary/aromatic N) is 3. The molecule has 1 aliphatic heterocycles. The molecule has 1 atom stereocenters. The molecule has 98 valence electrons. The van der Waals surface area contributed by atoms with Gasteiger partial charge in [0.05, 0.1) is 25.6 Å². The molecular weight excluding hydrogens is 284 g/mol. The molecule has 1 aliphatic rings. The van der Waals surface area contributed by atoms with Gasteiger partial charge in [-0.15, -0.1) is 0 Å². The van der Waals surface area contributed by atoms with Crippen molar-refractivity contribution >= 4 is 18.9 Å². The predicted molar refractivity (Wildman–Crippen MR) is 58.2 cm³/mol. The Morgan fingerprint density at radius 3 is 2.63 bits per heavy atom. The third-order valence-electron chi connectivity index (χ3n) is 2.43. The van der Waals surface area contributed by atoms with E-state index in [1.165, 1.54) is 4.90 Å². The van der Waals surface area contributed by atoms with E-state index < -0.39 is 18.9 Å². The van der Waals surface area contributed by atoms with Crippen LogP contribution in [-0.2, 0) is 9.30 Å². The standard InChI is InChI=1S/C9H12N3O5P.Na/c13-9(12-1-3-17-4-2-12)7-5-10-6-8(11-7)18(14,15)16;/h5-6H,1-4H2,(H2,14,15,16);/q;+1/p-1. The largest absolute Gasteiger partial charge is 1.00 e. The van der Waals surface area contributed by atoms with Crippen LogP contribution in [0.1, 0.15) is 10.5 Å². The Hall–Kier alpha value is -0.340. The first-order chi connectivity index (χ1) is 8.48. The van der Waals surface area contributed by atoms with Gasteiger partial charge < -0.3 is 24.0 Å². The summed E-state index contributed by atoms with van der Waals surface area (Å²) in [7, 11) is -4.74. The van der Waals surface area contributed by atoms with Crippen LogP contribution in [0.25, 0.3) is 0 Å². The molecule has 10 heteroatoms. The number of ether oxygens (including phenoxy) is 1. The van der Waals surface area contributed by atoms with Gasteiger partial charge in [0.2, 0.25) is 0 Å². The number of hydrogen-bond acceptors (Lipinski definition) is 6. The van der Waals surface area contributed by atoms with Gasteiger partial charge in [-0.25, -0.2) is 4.98 Å². The Labute approximate surface area is 131 Å². The summed E-state index contributed by atoms with van der Waals surface area (Å²) in [6, 6.07) is 0. The van der Waals surface area contributed by atoms with Crippen LogP contribution in [0.5, 0.6) is 0 Å². The smallest absolute Gasteiger partial charge is 0.774 e. The molecule has 1 aromatic heterocycles. The van der Waals surface area contributed by atoms with E-state index in [0.29, 0.717) is 26.3 Å². The fraction of sp³-hybridized carbons (Fsp3) is 0.444. The second-order valence-electron chi connectivity index (χ2n) is 3.69. The van der Waals surface area contributed by atoms with Crippen LogP contribution in [0, 0.1) is 0 Å². The average molecular weight is 295 g/mol.